The molecule has 0 aromatic heterocycles. The molecule has 4 atom stereocenters. The Morgan fingerprint density at radius 1 is 1.16 bits per heavy atom. The summed E-state index contributed by atoms with van der Waals surface area (Å²) in [6, 6.07) is 0.678. The largest absolute Gasteiger partial charge is 0.480 e. The molecule has 1 aliphatic carbocycles. The van der Waals surface area contributed by atoms with Gasteiger partial charge in [0.25, 0.3) is 0 Å². The zero-order valence-corrected chi connectivity index (χ0v) is 12.6. The van der Waals surface area contributed by atoms with E-state index in [-0.39, 0.29) is 6.04 Å². The third kappa shape index (κ3) is 3.31. The van der Waals surface area contributed by atoms with Crippen molar-refractivity contribution in [2.45, 2.75) is 83.8 Å². The molecule has 0 aromatic rings. The highest BCUT2D eigenvalue weighted by atomic mass is 16.4. The first-order valence-corrected chi connectivity index (χ1v) is 8.01. The van der Waals surface area contributed by atoms with Gasteiger partial charge in [-0.1, -0.05) is 26.7 Å². The third-order valence-corrected chi connectivity index (χ3v) is 5.03. The summed E-state index contributed by atoms with van der Waals surface area (Å²) >= 11 is 0. The fraction of sp³-hybridized carbons (Fsp3) is 0.938. The van der Waals surface area contributed by atoms with Gasteiger partial charge in [0.05, 0.1) is 0 Å². The first-order chi connectivity index (χ1) is 9.00. The number of piperidine rings is 1. The molecule has 3 heteroatoms. The Kier molecular flexibility index (Phi) is 4.88. The summed E-state index contributed by atoms with van der Waals surface area (Å²) in [5.41, 5.74) is 0. The molecular weight excluding hydrogens is 238 g/mol. The van der Waals surface area contributed by atoms with E-state index in [1.54, 1.807) is 0 Å². The first kappa shape index (κ1) is 14.8. The van der Waals surface area contributed by atoms with Crippen LogP contribution in [0.4, 0.5) is 0 Å². The SMILES string of the molecule is CC(C)CC(C)N1C(C(=O)O)CCC2CCCCC21. The summed E-state index contributed by atoms with van der Waals surface area (Å²) in [4.78, 5) is 14.0. The van der Waals surface area contributed by atoms with Gasteiger partial charge < -0.3 is 5.11 Å². The lowest BCUT2D eigenvalue weighted by Gasteiger charge is -2.50. The Balaban J connectivity index is 2.16. The van der Waals surface area contributed by atoms with Gasteiger partial charge >= 0.3 is 5.97 Å². The molecule has 2 aliphatic rings. The van der Waals surface area contributed by atoms with Crippen LogP contribution in [-0.2, 0) is 4.79 Å². The summed E-state index contributed by atoms with van der Waals surface area (Å²) < 4.78 is 0. The van der Waals surface area contributed by atoms with Crippen LogP contribution >= 0.6 is 0 Å². The van der Waals surface area contributed by atoms with Crippen LogP contribution in [-0.4, -0.2) is 34.1 Å². The van der Waals surface area contributed by atoms with Gasteiger partial charge in [-0.25, -0.2) is 0 Å². The molecule has 1 heterocycles. The van der Waals surface area contributed by atoms with E-state index >= 15 is 0 Å². The highest BCUT2D eigenvalue weighted by molar-refractivity contribution is 5.73. The summed E-state index contributed by atoms with van der Waals surface area (Å²) in [6.07, 6.45) is 8.20. The Morgan fingerprint density at radius 2 is 1.84 bits per heavy atom. The van der Waals surface area contributed by atoms with Crippen LogP contribution < -0.4 is 0 Å². The van der Waals surface area contributed by atoms with Crippen molar-refractivity contribution < 1.29 is 9.90 Å². The predicted octanol–water partition coefficient (Wildman–Crippen LogP) is 3.53. The van der Waals surface area contributed by atoms with Gasteiger partial charge in [-0.2, -0.15) is 0 Å². The Bertz CT molecular complexity index is 316. The standard InChI is InChI=1S/C16H29NO2/c1-11(2)10-12(3)17-14-7-5-4-6-13(14)8-9-15(17)16(18)19/h11-15H,4-10H2,1-3H3,(H,18,19). The molecule has 0 amide bonds. The quantitative estimate of drug-likeness (QED) is 0.847. The summed E-state index contributed by atoms with van der Waals surface area (Å²) in [7, 11) is 0. The number of rotatable bonds is 4. The second-order valence-corrected chi connectivity index (χ2v) is 6.97. The normalized spacial score (nSPS) is 34.0. The number of carboxylic acid groups (broad SMARTS) is 1. The molecule has 0 bridgehead atoms. The molecule has 0 spiro atoms. The molecule has 0 radical (unpaired) electrons. The average Bonchev–Trinajstić information content (AvgIpc) is 2.36. The summed E-state index contributed by atoms with van der Waals surface area (Å²) in [5, 5.41) is 9.54. The second-order valence-electron chi connectivity index (χ2n) is 6.97. The number of likely N-dealkylation sites (tertiary alicyclic amines) is 1. The number of aliphatic carboxylic acids is 1. The van der Waals surface area contributed by atoms with Crippen molar-refractivity contribution in [1.29, 1.82) is 0 Å². The molecule has 4 unspecified atom stereocenters. The number of hydrogen-bond acceptors (Lipinski definition) is 2. The van der Waals surface area contributed by atoms with E-state index in [0.717, 1.165) is 25.2 Å². The van der Waals surface area contributed by atoms with Crippen molar-refractivity contribution in [3.05, 3.63) is 0 Å². The molecule has 2 rings (SSSR count). The smallest absolute Gasteiger partial charge is 0.320 e. The molecular formula is C16H29NO2. The average molecular weight is 267 g/mol. The highest BCUT2D eigenvalue weighted by Gasteiger charge is 2.43. The Labute approximate surface area is 117 Å². The van der Waals surface area contributed by atoms with E-state index < -0.39 is 5.97 Å². The number of nitrogens with zero attached hydrogens (tertiary/aromatic N) is 1. The van der Waals surface area contributed by atoms with E-state index in [2.05, 4.69) is 25.7 Å². The van der Waals surface area contributed by atoms with Gasteiger partial charge in [0.15, 0.2) is 0 Å². The highest BCUT2D eigenvalue weighted by Crippen LogP contribution is 2.39. The van der Waals surface area contributed by atoms with Crippen molar-refractivity contribution in [3.63, 3.8) is 0 Å². The van der Waals surface area contributed by atoms with Crippen molar-refractivity contribution in [3.8, 4) is 0 Å². The number of fused-ring (bicyclic) bond motifs is 1. The molecule has 110 valence electrons. The van der Waals surface area contributed by atoms with Gasteiger partial charge in [-0.15, -0.1) is 0 Å². The molecule has 1 aliphatic heterocycles. The fourth-order valence-corrected chi connectivity index (χ4v) is 4.36. The van der Waals surface area contributed by atoms with Crippen LogP contribution in [0.1, 0.15) is 65.7 Å². The maximum absolute atomic E-state index is 11.6. The lowest BCUT2D eigenvalue weighted by atomic mass is 9.75. The molecule has 1 N–H and O–H groups in total. The minimum Gasteiger partial charge on any atom is -0.480 e. The molecule has 0 aromatic carbocycles. The van der Waals surface area contributed by atoms with Crippen molar-refractivity contribution in [1.82, 2.24) is 4.90 Å². The fourth-order valence-electron chi connectivity index (χ4n) is 4.36. The minimum atomic E-state index is -0.611. The summed E-state index contributed by atoms with van der Waals surface area (Å²) in [5.74, 6) is 0.770. The summed E-state index contributed by atoms with van der Waals surface area (Å²) in [6.45, 7) is 6.69. The van der Waals surface area contributed by atoms with Gasteiger partial charge in [0.1, 0.15) is 6.04 Å². The molecule has 1 saturated heterocycles. The first-order valence-electron chi connectivity index (χ1n) is 8.01. The van der Waals surface area contributed by atoms with Crippen molar-refractivity contribution in [2.75, 3.05) is 0 Å². The van der Waals surface area contributed by atoms with Gasteiger partial charge in [-0.05, 0) is 50.9 Å². The lowest BCUT2D eigenvalue weighted by Crippen LogP contribution is -2.58. The topological polar surface area (TPSA) is 40.5 Å². The number of carboxylic acids is 1. The Morgan fingerprint density at radius 3 is 2.47 bits per heavy atom. The maximum atomic E-state index is 11.6. The molecule has 1 saturated carbocycles. The number of hydrogen-bond donors (Lipinski definition) is 1. The Hall–Kier alpha value is -0.570. The van der Waals surface area contributed by atoms with E-state index in [1.165, 1.54) is 25.7 Å². The van der Waals surface area contributed by atoms with Crippen LogP contribution in [0, 0.1) is 11.8 Å². The van der Waals surface area contributed by atoms with Gasteiger partial charge in [0.2, 0.25) is 0 Å². The van der Waals surface area contributed by atoms with Crippen molar-refractivity contribution in [2.24, 2.45) is 11.8 Å². The third-order valence-electron chi connectivity index (χ3n) is 5.03. The van der Waals surface area contributed by atoms with Crippen LogP contribution in [0.2, 0.25) is 0 Å². The zero-order valence-electron chi connectivity index (χ0n) is 12.6. The zero-order chi connectivity index (χ0) is 14.0. The number of carbonyl (C=O) groups is 1. The van der Waals surface area contributed by atoms with Gasteiger partial charge in [-0.3, -0.25) is 9.69 Å². The second kappa shape index (κ2) is 6.25. The van der Waals surface area contributed by atoms with Gasteiger partial charge in [0, 0.05) is 12.1 Å². The van der Waals surface area contributed by atoms with Crippen LogP contribution in [0.5, 0.6) is 0 Å². The van der Waals surface area contributed by atoms with Crippen molar-refractivity contribution >= 4 is 5.97 Å². The maximum Gasteiger partial charge on any atom is 0.320 e. The molecule has 19 heavy (non-hydrogen) atoms. The monoisotopic (exact) mass is 267 g/mol. The van der Waals surface area contributed by atoms with Crippen LogP contribution in [0.15, 0.2) is 0 Å². The van der Waals surface area contributed by atoms with E-state index in [1.807, 2.05) is 0 Å². The molecule has 3 nitrogen and oxygen atoms in total. The van der Waals surface area contributed by atoms with Crippen LogP contribution in [0.3, 0.4) is 0 Å². The van der Waals surface area contributed by atoms with Crippen LogP contribution in [0.25, 0.3) is 0 Å². The molecule has 2 fully saturated rings. The van der Waals surface area contributed by atoms with E-state index in [0.29, 0.717) is 18.0 Å². The minimum absolute atomic E-state index is 0.243. The van der Waals surface area contributed by atoms with E-state index in [4.69, 9.17) is 0 Å². The predicted molar refractivity (Wildman–Crippen MR) is 77.2 cm³/mol. The lowest BCUT2D eigenvalue weighted by molar-refractivity contribution is -0.150. The van der Waals surface area contributed by atoms with E-state index in [9.17, 15) is 9.90 Å².